The number of hydrogen-bond acceptors (Lipinski definition) is 3. The number of fused-ring (bicyclic) bond motifs is 5. The van der Waals surface area contributed by atoms with Gasteiger partial charge < -0.3 is 15.3 Å². The van der Waals surface area contributed by atoms with Gasteiger partial charge in [-0.1, -0.05) is 20.8 Å². The minimum atomic E-state index is -0.675. The van der Waals surface area contributed by atoms with Crippen molar-refractivity contribution in [3.8, 4) is 0 Å². The molecular weight excluding hydrogens is 364 g/mol. The first kappa shape index (κ1) is 21.6. The first-order valence-electron chi connectivity index (χ1n) is 12.2. The highest BCUT2D eigenvalue weighted by Gasteiger charge is 2.62. The Hall–Kier alpha value is -0.610. The molecule has 0 aromatic rings. The van der Waals surface area contributed by atoms with Gasteiger partial charge in [0.15, 0.2) is 0 Å². The molecule has 0 aliphatic heterocycles. The number of rotatable bonds is 5. The molecule has 3 N–H and O–H groups in total. The van der Waals surface area contributed by atoms with Crippen LogP contribution in [0.25, 0.3) is 0 Å². The van der Waals surface area contributed by atoms with E-state index in [0.29, 0.717) is 52.3 Å². The Bertz CT molecular complexity index is 620. The summed E-state index contributed by atoms with van der Waals surface area (Å²) in [5, 5.41) is 29.8. The van der Waals surface area contributed by atoms with Crippen LogP contribution in [0.15, 0.2) is 0 Å². The van der Waals surface area contributed by atoms with E-state index in [1.165, 1.54) is 25.7 Å². The molecule has 0 amide bonds. The van der Waals surface area contributed by atoms with Gasteiger partial charge >= 0.3 is 5.97 Å². The minimum Gasteiger partial charge on any atom is -0.481 e. The molecule has 4 saturated carbocycles. The van der Waals surface area contributed by atoms with Crippen molar-refractivity contribution in [2.24, 2.45) is 52.3 Å². The van der Waals surface area contributed by atoms with Crippen molar-refractivity contribution in [3.05, 3.63) is 0 Å². The molecule has 29 heavy (non-hydrogen) atoms. The van der Waals surface area contributed by atoms with E-state index >= 15 is 0 Å². The van der Waals surface area contributed by atoms with E-state index in [2.05, 4.69) is 20.8 Å². The van der Waals surface area contributed by atoms with Crippen LogP contribution in [0.1, 0.15) is 85.0 Å². The molecule has 0 heterocycles. The van der Waals surface area contributed by atoms with E-state index < -0.39 is 5.97 Å². The van der Waals surface area contributed by atoms with Crippen LogP contribution >= 0.6 is 0 Å². The number of aliphatic carboxylic acids is 1. The van der Waals surface area contributed by atoms with Crippen LogP contribution in [0.2, 0.25) is 0 Å². The molecule has 1 unspecified atom stereocenters. The van der Waals surface area contributed by atoms with Crippen LogP contribution < -0.4 is 0 Å². The van der Waals surface area contributed by atoms with Gasteiger partial charge in [0, 0.05) is 13.0 Å². The highest BCUT2D eigenvalue weighted by atomic mass is 16.4. The van der Waals surface area contributed by atoms with E-state index in [1.807, 2.05) is 0 Å². The van der Waals surface area contributed by atoms with Gasteiger partial charge in [0.05, 0.1) is 6.10 Å². The van der Waals surface area contributed by atoms with Crippen LogP contribution in [0.4, 0.5) is 0 Å². The normalized spacial score (nSPS) is 50.3. The fourth-order valence-electron chi connectivity index (χ4n) is 9.12. The predicted octanol–water partition coefficient (Wildman–Crippen LogP) is 4.73. The van der Waals surface area contributed by atoms with Gasteiger partial charge in [0.2, 0.25) is 0 Å². The number of aliphatic hydroxyl groups excluding tert-OH is 2. The van der Waals surface area contributed by atoms with Gasteiger partial charge in [-0.25, -0.2) is 0 Å². The third kappa shape index (κ3) is 3.46. The van der Waals surface area contributed by atoms with Gasteiger partial charge in [-0.15, -0.1) is 0 Å². The van der Waals surface area contributed by atoms with E-state index in [1.54, 1.807) is 0 Å². The fourth-order valence-corrected chi connectivity index (χ4v) is 9.12. The average molecular weight is 407 g/mol. The second-order valence-corrected chi connectivity index (χ2v) is 11.7. The standard InChI is InChI=1S/C25H42O4/c1-15(4-7-22(28)29)19-5-6-20-23-16(14-26)12-17-13-18(27)8-10-24(17,2)21(23)9-11-25(19,20)3/h15-21,23,26-27H,4-14H2,1-3H3,(H,28,29)/t15-,16?,17-,18-,19-,20+,21+,23+,24+,25-/m1/s1. The van der Waals surface area contributed by atoms with Crippen molar-refractivity contribution in [1.29, 1.82) is 0 Å². The Balaban J connectivity index is 1.58. The van der Waals surface area contributed by atoms with E-state index in [-0.39, 0.29) is 19.1 Å². The number of carboxylic acids is 1. The third-order valence-electron chi connectivity index (χ3n) is 10.6. The molecule has 4 nitrogen and oxygen atoms in total. The second-order valence-electron chi connectivity index (χ2n) is 11.7. The summed E-state index contributed by atoms with van der Waals surface area (Å²) in [4.78, 5) is 11.1. The summed E-state index contributed by atoms with van der Waals surface area (Å²) in [6.07, 6.45) is 9.98. The molecule has 10 atom stereocenters. The molecule has 0 aromatic heterocycles. The molecule has 4 aliphatic rings. The zero-order valence-corrected chi connectivity index (χ0v) is 18.6. The lowest BCUT2D eigenvalue weighted by Crippen LogP contribution is -2.57. The topological polar surface area (TPSA) is 77.8 Å². The van der Waals surface area contributed by atoms with Crippen LogP contribution in [0.5, 0.6) is 0 Å². The van der Waals surface area contributed by atoms with Crippen LogP contribution in [-0.2, 0) is 4.79 Å². The predicted molar refractivity (Wildman–Crippen MR) is 113 cm³/mol. The highest BCUT2D eigenvalue weighted by molar-refractivity contribution is 5.66. The highest BCUT2D eigenvalue weighted by Crippen LogP contribution is 2.69. The van der Waals surface area contributed by atoms with Crippen molar-refractivity contribution in [3.63, 3.8) is 0 Å². The van der Waals surface area contributed by atoms with Crippen LogP contribution in [-0.4, -0.2) is 34.0 Å². The number of carbonyl (C=O) groups is 1. The maximum atomic E-state index is 11.1. The fraction of sp³-hybridized carbons (Fsp3) is 0.960. The lowest BCUT2D eigenvalue weighted by Gasteiger charge is -2.63. The van der Waals surface area contributed by atoms with E-state index in [4.69, 9.17) is 5.11 Å². The van der Waals surface area contributed by atoms with Gasteiger partial charge in [0.25, 0.3) is 0 Å². The van der Waals surface area contributed by atoms with Crippen molar-refractivity contribution in [2.45, 2.75) is 91.1 Å². The van der Waals surface area contributed by atoms with Gasteiger partial charge in [-0.2, -0.15) is 0 Å². The molecule has 166 valence electrons. The van der Waals surface area contributed by atoms with Gasteiger partial charge in [-0.05, 0) is 110 Å². The van der Waals surface area contributed by atoms with Gasteiger partial charge in [-0.3, -0.25) is 4.79 Å². The summed E-state index contributed by atoms with van der Waals surface area (Å²) in [6, 6.07) is 0. The summed E-state index contributed by atoms with van der Waals surface area (Å²) < 4.78 is 0. The largest absolute Gasteiger partial charge is 0.481 e. The van der Waals surface area contributed by atoms with Crippen molar-refractivity contribution < 1.29 is 20.1 Å². The van der Waals surface area contributed by atoms with E-state index in [9.17, 15) is 15.0 Å². The van der Waals surface area contributed by atoms with Gasteiger partial charge in [0.1, 0.15) is 0 Å². The third-order valence-corrected chi connectivity index (χ3v) is 10.6. The lowest BCUT2D eigenvalue weighted by atomic mass is 9.42. The molecule has 4 aliphatic carbocycles. The SMILES string of the molecule is C[C@H](CCC(=O)O)[C@H]1CC[C@H]2[C@@H]3C(CO)C[C@@H]4C[C@H](O)CC[C@]4(C)[C@H]3CC[C@]12C. The first-order valence-corrected chi connectivity index (χ1v) is 12.2. The summed E-state index contributed by atoms with van der Waals surface area (Å²) >= 11 is 0. The molecule has 0 saturated heterocycles. The number of hydrogen-bond donors (Lipinski definition) is 3. The average Bonchev–Trinajstić information content (AvgIpc) is 3.03. The molecule has 4 heteroatoms. The molecule has 4 rings (SSSR count). The quantitative estimate of drug-likeness (QED) is 0.617. The van der Waals surface area contributed by atoms with Crippen LogP contribution in [0.3, 0.4) is 0 Å². The summed E-state index contributed by atoms with van der Waals surface area (Å²) in [6.45, 7) is 7.56. The maximum absolute atomic E-state index is 11.1. The van der Waals surface area contributed by atoms with Crippen molar-refractivity contribution in [2.75, 3.05) is 6.61 Å². The molecule has 0 bridgehead atoms. The Labute approximate surface area is 176 Å². The molecular formula is C25H42O4. The molecule has 0 radical (unpaired) electrons. The number of carboxylic acid groups (broad SMARTS) is 1. The summed E-state index contributed by atoms with van der Waals surface area (Å²) in [5.74, 6) is 3.28. The molecule has 0 aromatic carbocycles. The smallest absolute Gasteiger partial charge is 0.303 e. The Kier molecular flexibility index (Phi) is 5.83. The van der Waals surface area contributed by atoms with Crippen LogP contribution in [0, 0.1) is 52.3 Å². The molecule has 0 spiro atoms. The second kappa shape index (κ2) is 7.82. The Morgan fingerprint density at radius 2 is 1.72 bits per heavy atom. The maximum Gasteiger partial charge on any atom is 0.303 e. The van der Waals surface area contributed by atoms with E-state index in [0.717, 1.165) is 32.1 Å². The zero-order chi connectivity index (χ0) is 21.0. The van der Waals surface area contributed by atoms with Crippen molar-refractivity contribution in [1.82, 2.24) is 0 Å². The first-order chi connectivity index (χ1) is 13.7. The van der Waals surface area contributed by atoms with Crippen molar-refractivity contribution >= 4 is 5.97 Å². The monoisotopic (exact) mass is 406 g/mol. The Morgan fingerprint density at radius 3 is 2.41 bits per heavy atom. The Morgan fingerprint density at radius 1 is 1.03 bits per heavy atom. The summed E-state index contributed by atoms with van der Waals surface area (Å²) in [7, 11) is 0. The number of aliphatic hydroxyl groups is 2. The summed E-state index contributed by atoms with van der Waals surface area (Å²) in [5.41, 5.74) is 0.619. The lowest BCUT2D eigenvalue weighted by molar-refractivity contribution is -0.160. The zero-order valence-electron chi connectivity index (χ0n) is 18.6. The molecule has 4 fully saturated rings. The minimum absolute atomic E-state index is 0.149.